The van der Waals surface area contributed by atoms with Crippen LogP contribution in [-0.4, -0.2) is 24.4 Å². The number of amidine groups is 1. The Morgan fingerprint density at radius 3 is 2.62 bits per heavy atom. The molecule has 4 N–H and O–H groups in total. The van der Waals surface area contributed by atoms with Crippen molar-refractivity contribution in [1.29, 1.82) is 0 Å². The molecule has 5 nitrogen and oxygen atoms in total. The summed E-state index contributed by atoms with van der Waals surface area (Å²) in [4.78, 5) is 14.4. The molecule has 0 bridgehead atoms. The number of aliphatic imine (C=N–C) groups is 1. The zero-order chi connectivity index (χ0) is 15.1. The molecule has 0 radical (unpaired) electrons. The van der Waals surface area contributed by atoms with Gasteiger partial charge in [0, 0.05) is 11.1 Å². The number of nitrogens with two attached hydrogens (primary N) is 2. The number of halogens is 4. The van der Waals surface area contributed by atoms with Crippen LogP contribution in [0.25, 0.3) is 0 Å². The molecule has 21 heavy (non-hydrogen) atoms. The van der Waals surface area contributed by atoms with Crippen LogP contribution >= 0.6 is 12.4 Å². The van der Waals surface area contributed by atoms with Crippen LogP contribution in [0, 0.1) is 5.82 Å². The first-order chi connectivity index (χ1) is 9.17. The van der Waals surface area contributed by atoms with Gasteiger partial charge in [0.05, 0.1) is 0 Å². The molecule has 0 spiro atoms. The number of hydrogen-bond donors (Lipinski definition) is 2. The van der Waals surface area contributed by atoms with Gasteiger partial charge in [-0.05, 0) is 25.1 Å². The van der Waals surface area contributed by atoms with Gasteiger partial charge in [-0.15, -0.1) is 12.4 Å². The van der Waals surface area contributed by atoms with Gasteiger partial charge in [-0.1, -0.05) is 0 Å². The number of carbonyl (C=O) groups is 1. The number of alkyl halides is 2. The molecule has 1 aliphatic rings. The molecule has 2 rings (SSSR count). The molecule has 1 aliphatic heterocycles. The fourth-order valence-corrected chi connectivity index (χ4v) is 1.94. The Balaban J connectivity index is 0.00000220. The number of ether oxygens (including phenoxy) is 1. The standard InChI is InChI=1S/C12H12F3N3O2.ClH/c1-11(12(14,15)5-18-10(17)20-11)7-4-6(9(16)19)2-3-8(7)13;/h2-4H,5H2,1H3,(H2,16,19)(H2,17,18);1H/t11-;/m1./s1. The fourth-order valence-electron chi connectivity index (χ4n) is 1.94. The first-order valence-corrected chi connectivity index (χ1v) is 5.64. The van der Waals surface area contributed by atoms with Gasteiger partial charge in [0.2, 0.25) is 11.5 Å². The molecule has 0 unspecified atom stereocenters. The SMILES string of the molecule is C[C@]1(c2cc(C(N)=O)ccc2F)OC(N)=NCC1(F)F.Cl. The van der Waals surface area contributed by atoms with Crippen LogP contribution in [0.3, 0.4) is 0 Å². The van der Waals surface area contributed by atoms with Crippen LogP contribution in [-0.2, 0) is 10.3 Å². The lowest BCUT2D eigenvalue weighted by Gasteiger charge is -2.39. The molecular formula is C12H13ClF3N3O2. The molecule has 1 atom stereocenters. The number of rotatable bonds is 2. The Morgan fingerprint density at radius 1 is 1.43 bits per heavy atom. The highest BCUT2D eigenvalue weighted by molar-refractivity contribution is 5.93. The van der Waals surface area contributed by atoms with Crippen LogP contribution in [0.2, 0.25) is 0 Å². The molecule has 1 amide bonds. The highest BCUT2D eigenvalue weighted by atomic mass is 35.5. The minimum Gasteiger partial charge on any atom is -0.448 e. The average molecular weight is 324 g/mol. The predicted octanol–water partition coefficient (Wildman–Crippen LogP) is 1.54. The third-order valence-electron chi connectivity index (χ3n) is 3.20. The third-order valence-corrected chi connectivity index (χ3v) is 3.20. The Bertz CT molecular complexity index is 609. The lowest BCUT2D eigenvalue weighted by atomic mass is 9.86. The van der Waals surface area contributed by atoms with E-state index in [4.69, 9.17) is 16.2 Å². The van der Waals surface area contributed by atoms with Gasteiger partial charge in [0.15, 0.2) is 0 Å². The number of primary amides is 1. The maximum atomic E-state index is 14.1. The summed E-state index contributed by atoms with van der Waals surface area (Å²) in [5, 5.41) is 0. The van der Waals surface area contributed by atoms with Crippen LogP contribution in [0.1, 0.15) is 22.8 Å². The van der Waals surface area contributed by atoms with Gasteiger partial charge in [0.25, 0.3) is 6.02 Å². The lowest BCUT2D eigenvalue weighted by molar-refractivity contribution is -0.173. The zero-order valence-corrected chi connectivity index (χ0v) is 11.7. The van der Waals surface area contributed by atoms with Crippen molar-refractivity contribution in [2.24, 2.45) is 16.5 Å². The summed E-state index contributed by atoms with van der Waals surface area (Å²) in [6.07, 6.45) is 0. The third kappa shape index (κ3) is 2.76. The number of nitrogens with zero attached hydrogens (tertiary/aromatic N) is 1. The average Bonchev–Trinajstić information content (AvgIpc) is 2.35. The van der Waals surface area contributed by atoms with Gasteiger partial charge in [0.1, 0.15) is 12.4 Å². The van der Waals surface area contributed by atoms with Crippen molar-refractivity contribution in [3.05, 3.63) is 35.1 Å². The summed E-state index contributed by atoms with van der Waals surface area (Å²) >= 11 is 0. The Morgan fingerprint density at radius 2 is 2.05 bits per heavy atom. The maximum Gasteiger partial charge on any atom is 0.310 e. The Hall–Kier alpha value is -1.96. The second kappa shape index (κ2) is 5.44. The number of benzene rings is 1. The van der Waals surface area contributed by atoms with Crippen molar-refractivity contribution in [3.63, 3.8) is 0 Å². The van der Waals surface area contributed by atoms with Crippen LogP contribution in [0.5, 0.6) is 0 Å². The highest BCUT2D eigenvalue weighted by Crippen LogP contribution is 2.44. The summed E-state index contributed by atoms with van der Waals surface area (Å²) < 4.78 is 46.9. The molecule has 116 valence electrons. The zero-order valence-electron chi connectivity index (χ0n) is 10.9. The molecule has 0 fully saturated rings. The minimum atomic E-state index is -3.49. The van der Waals surface area contributed by atoms with E-state index in [1.165, 1.54) is 0 Å². The van der Waals surface area contributed by atoms with E-state index in [-0.39, 0.29) is 18.0 Å². The largest absolute Gasteiger partial charge is 0.448 e. The first-order valence-electron chi connectivity index (χ1n) is 5.64. The quantitative estimate of drug-likeness (QED) is 0.865. The molecule has 0 saturated carbocycles. The van der Waals surface area contributed by atoms with Crippen LogP contribution < -0.4 is 11.5 Å². The van der Waals surface area contributed by atoms with Crippen molar-refractivity contribution in [2.45, 2.75) is 18.4 Å². The fraction of sp³-hybridized carbons (Fsp3) is 0.333. The van der Waals surface area contributed by atoms with Gasteiger partial charge >= 0.3 is 5.92 Å². The maximum absolute atomic E-state index is 14.1. The second-order valence-corrected chi connectivity index (χ2v) is 4.55. The number of hydrogen-bond acceptors (Lipinski definition) is 4. The van der Waals surface area contributed by atoms with Gasteiger partial charge in [-0.2, -0.15) is 8.78 Å². The van der Waals surface area contributed by atoms with E-state index in [0.717, 1.165) is 25.1 Å². The molecular weight excluding hydrogens is 311 g/mol. The van der Waals surface area contributed by atoms with Crippen LogP contribution in [0.4, 0.5) is 13.2 Å². The van der Waals surface area contributed by atoms with Crippen molar-refractivity contribution in [3.8, 4) is 0 Å². The van der Waals surface area contributed by atoms with Crippen molar-refractivity contribution < 1.29 is 22.7 Å². The lowest BCUT2D eigenvalue weighted by Crippen LogP contribution is -2.53. The van der Waals surface area contributed by atoms with Gasteiger partial charge < -0.3 is 16.2 Å². The molecule has 0 saturated heterocycles. The molecule has 0 aromatic heterocycles. The number of amides is 1. The summed E-state index contributed by atoms with van der Waals surface area (Å²) in [6.45, 7) is 0.0489. The topological polar surface area (TPSA) is 90.7 Å². The molecule has 0 aliphatic carbocycles. The Kier molecular flexibility index (Phi) is 4.43. The summed E-state index contributed by atoms with van der Waals surface area (Å²) in [6, 6.07) is 2.44. The number of carbonyl (C=O) groups excluding carboxylic acids is 1. The van der Waals surface area contributed by atoms with E-state index < -0.39 is 41.4 Å². The molecule has 9 heteroatoms. The van der Waals surface area contributed by atoms with Crippen LogP contribution in [0.15, 0.2) is 23.2 Å². The van der Waals surface area contributed by atoms with E-state index >= 15 is 0 Å². The van der Waals surface area contributed by atoms with Crippen molar-refractivity contribution in [1.82, 2.24) is 0 Å². The van der Waals surface area contributed by atoms with E-state index in [1.54, 1.807) is 0 Å². The highest BCUT2D eigenvalue weighted by Gasteiger charge is 2.57. The molecule has 1 heterocycles. The predicted molar refractivity (Wildman–Crippen MR) is 72.0 cm³/mol. The van der Waals surface area contributed by atoms with Gasteiger partial charge in [-0.3, -0.25) is 4.79 Å². The molecule has 1 aromatic carbocycles. The van der Waals surface area contributed by atoms with E-state index in [0.29, 0.717) is 0 Å². The second-order valence-electron chi connectivity index (χ2n) is 4.55. The smallest absolute Gasteiger partial charge is 0.310 e. The van der Waals surface area contributed by atoms with Crippen molar-refractivity contribution >= 4 is 24.3 Å². The summed E-state index contributed by atoms with van der Waals surface area (Å²) in [5.74, 6) is -5.31. The monoisotopic (exact) mass is 323 g/mol. The van der Waals surface area contributed by atoms with Crippen molar-refractivity contribution in [2.75, 3.05) is 6.54 Å². The first kappa shape index (κ1) is 17.1. The minimum absolute atomic E-state index is 0. The van der Waals surface area contributed by atoms with E-state index in [9.17, 15) is 18.0 Å². The summed E-state index contributed by atoms with van der Waals surface area (Å²) in [7, 11) is 0. The molecule has 1 aromatic rings. The normalized spacial score (nSPS) is 23.5. The Labute approximate surface area is 124 Å². The summed E-state index contributed by atoms with van der Waals surface area (Å²) in [5.41, 5.74) is 7.38. The van der Waals surface area contributed by atoms with E-state index in [2.05, 4.69) is 4.99 Å². The van der Waals surface area contributed by atoms with E-state index in [1.807, 2.05) is 0 Å². The van der Waals surface area contributed by atoms with Gasteiger partial charge in [-0.25, -0.2) is 9.38 Å².